The maximum absolute atomic E-state index is 14.0. The van der Waals surface area contributed by atoms with Crippen molar-refractivity contribution < 1.29 is 28.8 Å². The van der Waals surface area contributed by atoms with Crippen molar-refractivity contribution >= 4 is 34.9 Å². The number of carbonyl (C=O) groups is 6. The minimum atomic E-state index is -0.873. The van der Waals surface area contributed by atoms with Crippen molar-refractivity contribution in [3.8, 4) is 0 Å². The summed E-state index contributed by atoms with van der Waals surface area (Å²) in [6.07, 6.45) is 2.86. The molecular formula is C41H58N2O6. The molecule has 0 spiro atoms. The standard InChI is InChI=1S/C41H58N2O6/c1-9-10-19-32(39(48)36(45)22-21-30-17-12-11-13-18-30)25-37(46)34(23-27(2)3)43-40(49)33(41(6,7)8)26-38(47)35(42-29(5)44)24-31-20-15-14-16-28(31)4/h11-18,20,27,32-35H,9-10,19,21-26H2,1-8H3,(H,42,44)(H,43,49)/t32-,33-,34+,35+/m1/s1. The minimum absolute atomic E-state index is 0.0551. The van der Waals surface area contributed by atoms with Gasteiger partial charge in [0.15, 0.2) is 17.3 Å². The first kappa shape index (κ1) is 41.2. The Hall–Kier alpha value is -3.94. The van der Waals surface area contributed by atoms with Crippen LogP contribution in [-0.4, -0.2) is 47.0 Å². The summed E-state index contributed by atoms with van der Waals surface area (Å²) in [6.45, 7) is 14.8. The maximum Gasteiger partial charge on any atom is 0.224 e. The molecule has 0 aromatic heterocycles. The van der Waals surface area contributed by atoms with Gasteiger partial charge in [-0.3, -0.25) is 28.8 Å². The van der Waals surface area contributed by atoms with Crippen molar-refractivity contribution in [3.63, 3.8) is 0 Å². The molecule has 2 aromatic carbocycles. The highest BCUT2D eigenvalue weighted by atomic mass is 16.2. The lowest BCUT2D eigenvalue weighted by molar-refractivity contribution is -0.141. The van der Waals surface area contributed by atoms with Gasteiger partial charge in [0.25, 0.3) is 0 Å². The molecule has 0 aliphatic carbocycles. The Morgan fingerprint density at radius 2 is 1.41 bits per heavy atom. The second-order valence-electron chi connectivity index (χ2n) is 14.9. The molecule has 2 rings (SSSR count). The number of ketones is 4. The monoisotopic (exact) mass is 674 g/mol. The van der Waals surface area contributed by atoms with Crippen molar-refractivity contribution in [3.05, 3.63) is 71.3 Å². The number of carbonyl (C=O) groups excluding carboxylic acids is 6. The molecule has 0 unspecified atom stereocenters. The highest BCUT2D eigenvalue weighted by Crippen LogP contribution is 2.31. The lowest BCUT2D eigenvalue weighted by atomic mass is 9.76. The van der Waals surface area contributed by atoms with Crippen molar-refractivity contribution in [2.24, 2.45) is 23.2 Å². The van der Waals surface area contributed by atoms with E-state index < -0.39 is 46.8 Å². The van der Waals surface area contributed by atoms with E-state index in [0.717, 1.165) is 23.1 Å². The molecule has 0 radical (unpaired) electrons. The number of hydrogen-bond donors (Lipinski definition) is 2. The molecule has 49 heavy (non-hydrogen) atoms. The number of amides is 2. The molecule has 2 aromatic rings. The highest BCUT2D eigenvalue weighted by molar-refractivity contribution is 6.38. The number of hydrogen-bond acceptors (Lipinski definition) is 6. The molecule has 8 nitrogen and oxygen atoms in total. The summed E-state index contributed by atoms with van der Waals surface area (Å²) in [5, 5.41) is 5.73. The topological polar surface area (TPSA) is 126 Å². The lowest BCUT2D eigenvalue weighted by Crippen LogP contribution is -2.50. The third kappa shape index (κ3) is 14.2. The van der Waals surface area contributed by atoms with Crippen LogP contribution in [0.4, 0.5) is 0 Å². The van der Waals surface area contributed by atoms with Crippen LogP contribution in [0.3, 0.4) is 0 Å². The van der Waals surface area contributed by atoms with Crippen LogP contribution >= 0.6 is 0 Å². The average Bonchev–Trinajstić information content (AvgIpc) is 3.03. The molecule has 0 saturated carbocycles. The van der Waals surface area contributed by atoms with Crippen LogP contribution in [-0.2, 0) is 41.6 Å². The summed E-state index contributed by atoms with van der Waals surface area (Å²) in [4.78, 5) is 80.0. The molecule has 268 valence electrons. The Morgan fingerprint density at radius 3 is 1.98 bits per heavy atom. The van der Waals surface area contributed by atoms with Crippen LogP contribution in [0, 0.1) is 30.1 Å². The smallest absolute Gasteiger partial charge is 0.224 e. The Morgan fingerprint density at radius 1 is 0.796 bits per heavy atom. The van der Waals surface area contributed by atoms with Gasteiger partial charge in [0.05, 0.1) is 12.1 Å². The zero-order chi connectivity index (χ0) is 36.7. The van der Waals surface area contributed by atoms with Crippen LogP contribution in [0.2, 0.25) is 0 Å². The number of nitrogens with one attached hydrogen (secondary N) is 2. The molecule has 2 N–H and O–H groups in total. The summed E-state index contributed by atoms with van der Waals surface area (Å²) in [7, 11) is 0. The summed E-state index contributed by atoms with van der Waals surface area (Å²) < 4.78 is 0. The van der Waals surface area contributed by atoms with Crippen LogP contribution in [0.5, 0.6) is 0 Å². The predicted molar refractivity (Wildman–Crippen MR) is 194 cm³/mol. The van der Waals surface area contributed by atoms with Gasteiger partial charge < -0.3 is 10.6 Å². The zero-order valence-corrected chi connectivity index (χ0v) is 30.9. The first-order chi connectivity index (χ1) is 23.0. The largest absolute Gasteiger partial charge is 0.346 e. The number of rotatable bonds is 21. The fourth-order valence-electron chi connectivity index (χ4n) is 6.11. The van der Waals surface area contributed by atoms with Gasteiger partial charge in [0, 0.05) is 38.0 Å². The highest BCUT2D eigenvalue weighted by Gasteiger charge is 2.38. The summed E-state index contributed by atoms with van der Waals surface area (Å²) in [6, 6.07) is 15.5. The van der Waals surface area contributed by atoms with Gasteiger partial charge in [-0.1, -0.05) is 109 Å². The Labute approximate surface area is 293 Å². The van der Waals surface area contributed by atoms with E-state index in [1.165, 1.54) is 6.92 Å². The average molecular weight is 675 g/mol. The van der Waals surface area contributed by atoms with Crippen molar-refractivity contribution in [1.29, 1.82) is 0 Å². The van der Waals surface area contributed by atoms with Crippen LogP contribution in [0.1, 0.15) is 110 Å². The quantitative estimate of drug-likeness (QED) is 0.141. The lowest BCUT2D eigenvalue weighted by Gasteiger charge is -2.32. The minimum Gasteiger partial charge on any atom is -0.346 e. The van der Waals surface area contributed by atoms with E-state index in [0.29, 0.717) is 32.1 Å². The second kappa shape index (κ2) is 19.9. The fourth-order valence-corrected chi connectivity index (χ4v) is 6.11. The van der Waals surface area contributed by atoms with Gasteiger partial charge in [-0.2, -0.15) is 0 Å². The van der Waals surface area contributed by atoms with Crippen molar-refractivity contribution in [2.75, 3.05) is 0 Å². The second-order valence-corrected chi connectivity index (χ2v) is 14.9. The van der Waals surface area contributed by atoms with Crippen molar-refractivity contribution in [1.82, 2.24) is 10.6 Å². The summed E-state index contributed by atoms with van der Waals surface area (Å²) in [5.74, 6) is -3.79. The molecule has 2 amide bonds. The van der Waals surface area contributed by atoms with E-state index >= 15 is 0 Å². The van der Waals surface area contributed by atoms with E-state index in [2.05, 4.69) is 10.6 Å². The van der Waals surface area contributed by atoms with Gasteiger partial charge in [-0.05, 0) is 60.6 Å². The Kier molecular flexibility index (Phi) is 16.8. The summed E-state index contributed by atoms with van der Waals surface area (Å²) in [5.41, 5.74) is 2.26. The number of unbranched alkanes of at least 4 members (excludes halogenated alkanes) is 1. The maximum atomic E-state index is 14.0. The van der Waals surface area contributed by atoms with Crippen LogP contribution in [0.25, 0.3) is 0 Å². The van der Waals surface area contributed by atoms with Gasteiger partial charge in [-0.25, -0.2) is 0 Å². The molecule has 0 aliphatic heterocycles. The third-order valence-corrected chi connectivity index (χ3v) is 9.11. The number of aryl methyl sites for hydroxylation is 2. The van der Waals surface area contributed by atoms with Crippen LogP contribution in [0.15, 0.2) is 54.6 Å². The van der Waals surface area contributed by atoms with E-state index in [1.54, 1.807) is 0 Å². The molecule has 8 heteroatoms. The van der Waals surface area contributed by atoms with E-state index in [4.69, 9.17) is 0 Å². The van der Waals surface area contributed by atoms with Gasteiger partial charge in [0.1, 0.15) is 0 Å². The molecule has 0 aliphatic rings. The Balaban J connectivity index is 2.24. The summed E-state index contributed by atoms with van der Waals surface area (Å²) >= 11 is 0. The Bertz CT molecular complexity index is 1420. The zero-order valence-electron chi connectivity index (χ0n) is 30.9. The van der Waals surface area contributed by atoms with E-state index in [-0.39, 0.29) is 42.7 Å². The normalized spacial score (nSPS) is 14.0. The molecule has 0 fully saturated rings. The molecule has 0 bridgehead atoms. The van der Waals surface area contributed by atoms with E-state index in [9.17, 15) is 28.8 Å². The SMILES string of the molecule is CCCC[C@H](CC(=O)[C@H](CC(C)C)NC(=O)[C@@H](CC(=O)[C@H](Cc1ccccc1C)NC(C)=O)C(C)(C)C)C(=O)C(=O)CCc1ccccc1. The van der Waals surface area contributed by atoms with E-state index in [1.807, 2.05) is 103 Å². The predicted octanol–water partition coefficient (Wildman–Crippen LogP) is 6.73. The third-order valence-electron chi connectivity index (χ3n) is 9.11. The van der Waals surface area contributed by atoms with Gasteiger partial charge in [-0.15, -0.1) is 0 Å². The van der Waals surface area contributed by atoms with Gasteiger partial charge >= 0.3 is 0 Å². The first-order valence-corrected chi connectivity index (χ1v) is 17.8. The molecule has 0 heterocycles. The van der Waals surface area contributed by atoms with Gasteiger partial charge in [0.2, 0.25) is 17.6 Å². The first-order valence-electron chi connectivity index (χ1n) is 17.8. The van der Waals surface area contributed by atoms with Crippen LogP contribution < -0.4 is 10.6 Å². The molecular weight excluding hydrogens is 616 g/mol. The number of Topliss-reactive ketones (excluding diaryl/α,β-unsaturated/α-hetero) is 4. The molecule has 4 atom stereocenters. The van der Waals surface area contributed by atoms with Crippen molar-refractivity contribution in [2.45, 2.75) is 125 Å². The molecule has 0 saturated heterocycles. The number of benzene rings is 2. The fraction of sp³-hybridized carbons (Fsp3) is 0.561.